The molecule has 0 spiro atoms. The Morgan fingerprint density at radius 1 is 0.730 bits per heavy atom. The molecule has 0 bridgehead atoms. The topological polar surface area (TPSA) is 105 Å². The van der Waals surface area contributed by atoms with Crippen LogP contribution in [0.2, 0.25) is 0 Å². The van der Waals surface area contributed by atoms with Gasteiger partial charge in [-0.3, -0.25) is 9.59 Å². The zero-order valence-electron chi connectivity index (χ0n) is 22.6. The molecule has 3 atom stereocenters. The van der Waals surface area contributed by atoms with Crippen LogP contribution in [0, 0.1) is 22.0 Å². The molecule has 0 amide bonds. The molecule has 0 heterocycles. The zero-order valence-corrected chi connectivity index (χ0v) is 22.6. The van der Waals surface area contributed by atoms with E-state index in [0.29, 0.717) is 11.8 Å². The van der Waals surface area contributed by atoms with E-state index in [-0.39, 0.29) is 6.61 Å². The number of rotatable bonds is 14. The minimum atomic E-state index is -1.12. The molecule has 37 heavy (non-hydrogen) atoms. The quantitative estimate of drug-likeness (QED) is 0.182. The average molecular weight is 514 g/mol. The summed E-state index contributed by atoms with van der Waals surface area (Å²) in [5.41, 5.74) is 3.92. The molecule has 2 rings (SSSR count). The predicted molar refractivity (Wildman–Crippen MR) is 141 cm³/mol. The summed E-state index contributed by atoms with van der Waals surface area (Å²) in [7, 11) is 0. The Morgan fingerprint density at radius 3 is 1.57 bits per heavy atom. The zero-order chi connectivity index (χ0) is 27.5. The minimum absolute atomic E-state index is 0.353. The van der Waals surface area contributed by atoms with Gasteiger partial charge in [0.2, 0.25) is 0 Å². The summed E-state index contributed by atoms with van der Waals surface area (Å²) in [4.78, 5) is 40.6. The van der Waals surface area contributed by atoms with Crippen molar-refractivity contribution in [2.45, 2.75) is 72.3 Å². The van der Waals surface area contributed by atoms with E-state index in [1.807, 2.05) is 48.5 Å². The van der Waals surface area contributed by atoms with Crippen molar-refractivity contribution in [3.8, 4) is 0 Å². The number of hydrogen-bond donors (Lipinski definition) is 0. The van der Waals surface area contributed by atoms with Gasteiger partial charge in [-0.05, 0) is 60.8 Å². The van der Waals surface area contributed by atoms with Crippen LogP contribution in [-0.2, 0) is 36.7 Å². The molecule has 202 valence electrons. The van der Waals surface area contributed by atoms with Gasteiger partial charge in [0.15, 0.2) is 6.10 Å². The lowest BCUT2D eigenvalue weighted by Crippen LogP contribution is -2.32. The number of carbonyl (C=O) groups is 2. The van der Waals surface area contributed by atoms with Crippen molar-refractivity contribution in [2.24, 2.45) is 11.8 Å². The maximum atomic E-state index is 12.8. The van der Waals surface area contributed by atoms with Crippen LogP contribution in [0.1, 0.15) is 75.6 Å². The number of carbonyl (C=O) groups excluding carboxylic acids is 2. The summed E-state index contributed by atoms with van der Waals surface area (Å²) in [6, 6.07) is 15.5. The smallest absolute Gasteiger partial charge is 0.313 e. The van der Waals surface area contributed by atoms with Gasteiger partial charge in [0, 0.05) is 0 Å². The van der Waals surface area contributed by atoms with Gasteiger partial charge in [0.25, 0.3) is 5.09 Å². The van der Waals surface area contributed by atoms with Crippen LogP contribution in [0.15, 0.2) is 48.5 Å². The lowest BCUT2D eigenvalue weighted by molar-refractivity contribution is -0.759. The van der Waals surface area contributed by atoms with Gasteiger partial charge in [0.1, 0.15) is 13.2 Å². The fourth-order valence-corrected chi connectivity index (χ4v) is 3.93. The first-order valence-electron chi connectivity index (χ1n) is 12.8. The Bertz CT molecular complexity index is 1020. The second kappa shape index (κ2) is 14.4. The number of ether oxygens (including phenoxy) is 2. The second-order valence-corrected chi connectivity index (χ2v) is 10.3. The molecule has 0 aliphatic carbocycles. The summed E-state index contributed by atoms with van der Waals surface area (Å²) in [5.74, 6) is -1.22. The Labute approximate surface area is 219 Å². The third kappa shape index (κ3) is 10.2. The highest BCUT2D eigenvalue weighted by atomic mass is 17.0. The van der Waals surface area contributed by atoms with Crippen LogP contribution in [0.3, 0.4) is 0 Å². The first kappa shape index (κ1) is 29.8. The van der Waals surface area contributed by atoms with Gasteiger partial charge in [0.05, 0.1) is 11.8 Å². The molecule has 8 nitrogen and oxygen atoms in total. The molecule has 3 unspecified atom stereocenters. The van der Waals surface area contributed by atoms with Crippen molar-refractivity contribution in [3.05, 3.63) is 80.9 Å². The van der Waals surface area contributed by atoms with Crippen LogP contribution in [-0.4, -0.2) is 36.3 Å². The average Bonchev–Trinajstić information content (AvgIpc) is 2.84. The van der Waals surface area contributed by atoms with E-state index in [1.165, 1.54) is 11.1 Å². The molecular formula is C29H39NO7. The van der Waals surface area contributed by atoms with E-state index in [1.54, 1.807) is 13.8 Å². The summed E-state index contributed by atoms with van der Waals surface area (Å²) in [5, 5.41) is 9.74. The fourth-order valence-electron chi connectivity index (χ4n) is 3.93. The van der Waals surface area contributed by atoms with Crippen molar-refractivity contribution in [1.82, 2.24) is 0 Å². The number of benzene rings is 2. The van der Waals surface area contributed by atoms with Gasteiger partial charge in [-0.1, -0.05) is 76.2 Å². The van der Waals surface area contributed by atoms with Gasteiger partial charge < -0.3 is 14.3 Å². The van der Waals surface area contributed by atoms with Gasteiger partial charge in [-0.2, -0.15) is 0 Å². The maximum absolute atomic E-state index is 12.8. The summed E-state index contributed by atoms with van der Waals surface area (Å²) < 4.78 is 10.8. The lowest BCUT2D eigenvalue weighted by Gasteiger charge is -2.21. The first-order chi connectivity index (χ1) is 17.5. The largest absolute Gasteiger partial charge is 0.461 e. The van der Waals surface area contributed by atoms with E-state index >= 15 is 0 Å². The fraction of sp³-hybridized carbons (Fsp3) is 0.517. The van der Waals surface area contributed by atoms with Crippen LogP contribution in [0.25, 0.3) is 0 Å². The van der Waals surface area contributed by atoms with Crippen molar-refractivity contribution in [1.29, 1.82) is 0 Å². The van der Waals surface area contributed by atoms with Gasteiger partial charge >= 0.3 is 11.9 Å². The second-order valence-electron chi connectivity index (χ2n) is 10.3. The SMILES string of the molecule is CC(C)Cc1ccc(C(C)C(=O)OCC(CO[N+](=O)[O-])OC(=O)C(C)c2ccc(CC(C)C)cc2)cc1. The van der Waals surface area contributed by atoms with E-state index in [9.17, 15) is 19.7 Å². The highest BCUT2D eigenvalue weighted by Gasteiger charge is 2.25. The molecule has 8 heteroatoms. The monoisotopic (exact) mass is 513 g/mol. The van der Waals surface area contributed by atoms with Crippen molar-refractivity contribution in [2.75, 3.05) is 13.2 Å². The molecule has 0 saturated heterocycles. The summed E-state index contributed by atoms with van der Waals surface area (Å²) in [6.07, 6.45) is 0.763. The maximum Gasteiger partial charge on any atom is 0.313 e. The molecular weight excluding hydrogens is 474 g/mol. The first-order valence-corrected chi connectivity index (χ1v) is 12.8. The highest BCUT2D eigenvalue weighted by molar-refractivity contribution is 5.78. The molecule has 0 radical (unpaired) electrons. The van der Waals surface area contributed by atoms with Crippen LogP contribution in [0.4, 0.5) is 0 Å². The van der Waals surface area contributed by atoms with E-state index in [2.05, 4.69) is 32.5 Å². The minimum Gasteiger partial charge on any atom is -0.461 e. The number of nitrogens with zero attached hydrogens (tertiary/aromatic N) is 1. The lowest BCUT2D eigenvalue weighted by atomic mass is 9.97. The molecule has 0 saturated carbocycles. The predicted octanol–water partition coefficient (Wildman–Crippen LogP) is 5.65. The van der Waals surface area contributed by atoms with Crippen molar-refractivity contribution in [3.63, 3.8) is 0 Å². The number of hydrogen-bond acceptors (Lipinski definition) is 7. The van der Waals surface area contributed by atoms with Gasteiger partial charge in [-0.25, -0.2) is 0 Å². The van der Waals surface area contributed by atoms with Crippen LogP contribution < -0.4 is 0 Å². The van der Waals surface area contributed by atoms with Crippen molar-refractivity contribution < 1.29 is 29.0 Å². The molecule has 0 fully saturated rings. The molecule has 0 aliphatic heterocycles. The molecule has 2 aromatic carbocycles. The third-order valence-electron chi connectivity index (χ3n) is 6.01. The summed E-state index contributed by atoms with van der Waals surface area (Å²) in [6.45, 7) is 11.1. The van der Waals surface area contributed by atoms with E-state index in [0.717, 1.165) is 24.0 Å². The highest BCUT2D eigenvalue weighted by Crippen LogP contribution is 2.21. The molecule has 0 aromatic heterocycles. The van der Waals surface area contributed by atoms with E-state index in [4.69, 9.17) is 9.47 Å². The Kier molecular flexibility index (Phi) is 11.6. The Morgan fingerprint density at radius 2 is 1.16 bits per heavy atom. The Hall–Kier alpha value is -3.42. The normalized spacial score (nSPS) is 13.6. The van der Waals surface area contributed by atoms with Crippen LogP contribution in [0.5, 0.6) is 0 Å². The van der Waals surface area contributed by atoms with Crippen LogP contribution >= 0.6 is 0 Å². The van der Waals surface area contributed by atoms with E-state index < -0.39 is 41.6 Å². The number of esters is 2. The molecule has 0 aliphatic rings. The molecule has 2 aromatic rings. The third-order valence-corrected chi connectivity index (χ3v) is 6.01. The summed E-state index contributed by atoms with van der Waals surface area (Å²) >= 11 is 0. The van der Waals surface area contributed by atoms with Crippen molar-refractivity contribution >= 4 is 11.9 Å². The van der Waals surface area contributed by atoms with Gasteiger partial charge in [-0.15, -0.1) is 10.1 Å². The Balaban J connectivity index is 1.99. The standard InChI is InChI=1S/C29H39NO7/c1-19(2)15-23-7-11-25(12-8-23)21(5)28(31)35-17-27(18-36-30(33)34)37-29(32)22(6)26-13-9-24(10-14-26)16-20(3)4/h7-14,19-22,27H,15-18H2,1-6H3. The molecule has 0 N–H and O–H groups in total.